The lowest BCUT2D eigenvalue weighted by molar-refractivity contribution is -0.0374. The number of anilines is 1. The van der Waals surface area contributed by atoms with E-state index in [2.05, 4.69) is 38.9 Å². The molecule has 1 saturated carbocycles. The van der Waals surface area contributed by atoms with Crippen LogP contribution in [0, 0.1) is 5.41 Å². The molecule has 7 heteroatoms. The highest BCUT2D eigenvalue weighted by molar-refractivity contribution is 5.73. The predicted octanol–water partition coefficient (Wildman–Crippen LogP) is 2.31. The second-order valence-electron chi connectivity index (χ2n) is 9.08. The molecule has 7 nitrogen and oxygen atoms in total. The van der Waals surface area contributed by atoms with Gasteiger partial charge < -0.3 is 15.1 Å². The van der Waals surface area contributed by atoms with Crippen LogP contribution in [0.1, 0.15) is 51.3 Å². The Hall–Kier alpha value is -1.89. The molecule has 1 N–H and O–H groups in total. The monoisotopic (exact) mass is 386 g/mol. The topological polar surface area (TPSA) is 64.6 Å². The first-order chi connectivity index (χ1) is 13.5. The summed E-state index contributed by atoms with van der Waals surface area (Å²) in [6.45, 7) is 10.4. The highest BCUT2D eigenvalue weighted by Crippen LogP contribution is 2.51. The first-order valence-electron chi connectivity index (χ1n) is 10.8. The van der Waals surface area contributed by atoms with Crippen LogP contribution in [0.15, 0.2) is 12.4 Å². The summed E-state index contributed by atoms with van der Waals surface area (Å²) in [4.78, 5) is 27.9. The van der Waals surface area contributed by atoms with Crippen LogP contribution < -0.4 is 10.2 Å². The smallest absolute Gasteiger partial charge is 0.317 e. The number of carbonyl (C=O) groups excluding carboxylic acids is 1. The number of amides is 2. The quantitative estimate of drug-likeness (QED) is 0.864. The van der Waals surface area contributed by atoms with Crippen molar-refractivity contribution >= 4 is 11.7 Å². The zero-order chi connectivity index (χ0) is 19.7. The van der Waals surface area contributed by atoms with Gasteiger partial charge in [0.15, 0.2) is 0 Å². The van der Waals surface area contributed by atoms with Gasteiger partial charge in [0.25, 0.3) is 0 Å². The van der Waals surface area contributed by atoms with Crippen LogP contribution in [-0.2, 0) is 0 Å². The molecule has 1 aromatic rings. The minimum absolute atomic E-state index is 0.0762. The number of hydrogen-bond donors (Lipinski definition) is 1. The average Bonchev–Trinajstić information content (AvgIpc) is 2.72. The number of nitrogens with one attached hydrogen (secondary N) is 1. The van der Waals surface area contributed by atoms with Gasteiger partial charge in [0.1, 0.15) is 5.82 Å². The average molecular weight is 387 g/mol. The van der Waals surface area contributed by atoms with Gasteiger partial charge in [-0.05, 0) is 31.1 Å². The van der Waals surface area contributed by atoms with E-state index >= 15 is 0 Å². The first-order valence-corrected chi connectivity index (χ1v) is 10.8. The summed E-state index contributed by atoms with van der Waals surface area (Å²) in [6, 6.07) is 0.806. The van der Waals surface area contributed by atoms with Crippen LogP contribution in [0.25, 0.3) is 0 Å². The van der Waals surface area contributed by atoms with Crippen molar-refractivity contribution in [3.63, 3.8) is 0 Å². The molecule has 0 aromatic carbocycles. The maximum absolute atomic E-state index is 11.8. The van der Waals surface area contributed by atoms with E-state index in [-0.39, 0.29) is 6.03 Å². The van der Waals surface area contributed by atoms with Crippen LogP contribution >= 0.6 is 0 Å². The normalized spacial score (nSPS) is 23.1. The summed E-state index contributed by atoms with van der Waals surface area (Å²) in [5.74, 6) is 1.30. The minimum atomic E-state index is 0.0762. The van der Waals surface area contributed by atoms with E-state index in [1.165, 1.54) is 12.8 Å². The van der Waals surface area contributed by atoms with Gasteiger partial charge in [-0.3, -0.25) is 4.90 Å². The lowest BCUT2D eigenvalue weighted by atomic mass is 9.60. The molecule has 2 saturated heterocycles. The van der Waals surface area contributed by atoms with Gasteiger partial charge in [0, 0.05) is 58.3 Å². The van der Waals surface area contributed by atoms with Crippen LogP contribution in [-0.4, -0.2) is 78.2 Å². The summed E-state index contributed by atoms with van der Waals surface area (Å²) in [6.07, 6.45) is 8.90. The van der Waals surface area contributed by atoms with Crippen molar-refractivity contribution in [1.29, 1.82) is 0 Å². The van der Waals surface area contributed by atoms with Gasteiger partial charge >= 0.3 is 6.03 Å². The zero-order valence-corrected chi connectivity index (χ0v) is 17.5. The van der Waals surface area contributed by atoms with Crippen molar-refractivity contribution in [2.45, 2.75) is 51.5 Å². The van der Waals surface area contributed by atoms with Crippen molar-refractivity contribution in [1.82, 2.24) is 25.1 Å². The summed E-state index contributed by atoms with van der Waals surface area (Å²) in [5.41, 5.74) is 1.64. The maximum Gasteiger partial charge on any atom is 0.317 e. The van der Waals surface area contributed by atoms with E-state index in [4.69, 9.17) is 0 Å². The molecule has 4 rings (SSSR count). The van der Waals surface area contributed by atoms with Gasteiger partial charge in [-0.2, -0.15) is 0 Å². The standard InChI is InChI=1S/C21H34N6O/c1-16(2)19-23-14-18(15-24-19)26-10-8-25(9-11-26)17-12-21(13-17)4-6-27(7-5-21)20(28)22-3/h14-17H,4-13H2,1-3H3,(H,22,28). The molecule has 2 aliphatic heterocycles. The number of carbonyl (C=O) groups is 1. The van der Waals surface area contributed by atoms with E-state index in [0.29, 0.717) is 11.3 Å². The highest BCUT2D eigenvalue weighted by Gasteiger charge is 2.48. The third-order valence-electron chi connectivity index (χ3n) is 7.03. The highest BCUT2D eigenvalue weighted by atomic mass is 16.2. The van der Waals surface area contributed by atoms with Crippen molar-refractivity contribution in [3.05, 3.63) is 18.2 Å². The number of piperidine rings is 1. The fourth-order valence-electron chi connectivity index (χ4n) is 5.09. The second-order valence-corrected chi connectivity index (χ2v) is 9.08. The lowest BCUT2D eigenvalue weighted by Crippen LogP contribution is -2.59. The molecule has 1 aromatic heterocycles. The third kappa shape index (κ3) is 3.81. The largest absolute Gasteiger partial charge is 0.366 e. The van der Waals surface area contributed by atoms with Gasteiger partial charge in [-0.25, -0.2) is 14.8 Å². The molecule has 2 amide bonds. The van der Waals surface area contributed by atoms with Gasteiger partial charge in [-0.15, -0.1) is 0 Å². The molecular weight excluding hydrogens is 352 g/mol. The number of rotatable bonds is 3. The van der Waals surface area contributed by atoms with E-state index in [9.17, 15) is 4.79 Å². The number of urea groups is 1. The first kappa shape index (κ1) is 19.4. The molecule has 0 unspecified atom stereocenters. The van der Waals surface area contributed by atoms with Crippen molar-refractivity contribution in [3.8, 4) is 0 Å². The van der Waals surface area contributed by atoms with E-state index in [1.807, 2.05) is 17.3 Å². The molecule has 3 heterocycles. The molecule has 1 aliphatic carbocycles. The summed E-state index contributed by atoms with van der Waals surface area (Å²) in [5, 5.41) is 2.75. The Morgan fingerprint density at radius 3 is 2.21 bits per heavy atom. The van der Waals surface area contributed by atoms with Gasteiger partial charge in [0.05, 0.1) is 18.1 Å². The van der Waals surface area contributed by atoms with Crippen molar-refractivity contribution < 1.29 is 4.79 Å². The zero-order valence-electron chi connectivity index (χ0n) is 17.5. The Balaban J connectivity index is 1.23. The molecular formula is C21H34N6O. The fraction of sp³-hybridized carbons (Fsp3) is 0.762. The summed E-state index contributed by atoms with van der Waals surface area (Å²) in [7, 11) is 1.72. The lowest BCUT2D eigenvalue weighted by Gasteiger charge is -2.56. The van der Waals surface area contributed by atoms with E-state index in [0.717, 1.165) is 69.7 Å². The number of aromatic nitrogens is 2. The van der Waals surface area contributed by atoms with Crippen molar-refractivity contribution in [2.75, 3.05) is 51.2 Å². The summed E-state index contributed by atoms with van der Waals surface area (Å²) >= 11 is 0. The third-order valence-corrected chi connectivity index (χ3v) is 7.03. The Labute approximate surface area is 168 Å². The minimum Gasteiger partial charge on any atom is -0.366 e. The fourth-order valence-corrected chi connectivity index (χ4v) is 5.09. The SMILES string of the molecule is CNC(=O)N1CCC2(CC1)CC(N1CCN(c3cnc(C(C)C)nc3)CC1)C2. The molecule has 0 radical (unpaired) electrons. The molecule has 0 atom stereocenters. The Morgan fingerprint density at radius 2 is 1.68 bits per heavy atom. The Morgan fingerprint density at radius 1 is 1.07 bits per heavy atom. The number of likely N-dealkylation sites (tertiary alicyclic amines) is 1. The van der Waals surface area contributed by atoms with Crippen LogP contribution in [0.4, 0.5) is 10.5 Å². The summed E-state index contributed by atoms with van der Waals surface area (Å²) < 4.78 is 0. The molecule has 3 aliphatic rings. The number of piperazine rings is 1. The van der Waals surface area contributed by atoms with Crippen molar-refractivity contribution in [2.24, 2.45) is 5.41 Å². The van der Waals surface area contributed by atoms with Crippen LogP contribution in [0.2, 0.25) is 0 Å². The molecule has 28 heavy (non-hydrogen) atoms. The van der Waals surface area contributed by atoms with Gasteiger partial charge in [-0.1, -0.05) is 13.8 Å². The Kier molecular flexibility index (Phi) is 5.45. The Bertz CT molecular complexity index is 667. The molecule has 0 bridgehead atoms. The number of nitrogens with zero attached hydrogens (tertiary/aromatic N) is 5. The number of hydrogen-bond acceptors (Lipinski definition) is 5. The molecule has 3 fully saturated rings. The van der Waals surface area contributed by atoms with E-state index < -0.39 is 0 Å². The van der Waals surface area contributed by atoms with E-state index in [1.54, 1.807) is 7.05 Å². The second kappa shape index (κ2) is 7.85. The predicted molar refractivity (Wildman–Crippen MR) is 111 cm³/mol. The maximum atomic E-state index is 11.8. The van der Waals surface area contributed by atoms with Crippen LogP contribution in [0.5, 0.6) is 0 Å². The van der Waals surface area contributed by atoms with Crippen LogP contribution in [0.3, 0.4) is 0 Å². The van der Waals surface area contributed by atoms with Gasteiger partial charge in [0.2, 0.25) is 0 Å². The molecule has 154 valence electrons. The molecule has 1 spiro atoms.